The number of benzene rings is 1. The van der Waals surface area contributed by atoms with E-state index in [4.69, 9.17) is 40.5 Å². The highest BCUT2D eigenvalue weighted by molar-refractivity contribution is 7.89. The van der Waals surface area contributed by atoms with Gasteiger partial charge in [-0.2, -0.15) is 4.31 Å². The summed E-state index contributed by atoms with van der Waals surface area (Å²) >= 11 is 17.6. The molecular weight excluding hydrogens is 354 g/mol. The second-order valence-corrected chi connectivity index (χ2v) is 6.99. The van der Waals surface area contributed by atoms with Crippen molar-refractivity contribution in [3.05, 3.63) is 27.2 Å². The molecule has 4 nitrogen and oxygen atoms in total. The minimum absolute atomic E-state index is 0. The molecule has 0 radical (unpaired) electrons. The van der Waals surface area contributed by atoms with Crippen molar-refractivity contribution in [3.63, 3.8) is 0 Å². The molecule has 0 bridgehead atoms. The fourth-order valence-corrected chi connectivity index (χ4v) is 4.17. The van der Waals surface area contributed by atoms with E-state index in [1.807, 2.05) is 0 Å². The summed E-state index contributed by atoms with van der Waals surface area (Å²) in [6.07, 6.45) is 0. The van der Waals surface area contributed by atoms with Crippen LogP contribution in [0.3, 0.4) is 0 Å². The van der Waals surface area contributed by atoms with Gasteiger partial charge in [-0.3, -0.25) is 0 Å². The van der Waals surface area contributed by atoms with E-state index >= 15 is 0 Å². The number of hydrogen-bond acceptors (Lipinski definition) is 3. The Labute approximate surface area is 134 Å². The van der Waals surface area contributed by atoms with Crippen LogP contribution in [0.25, 0.3) is 0 Å². The van der Waals surface area contributed by atoms with E-state index < -0.39 is 10.0 Å². The van der Waals surface area contributed by atoms with Crippen molar-refractivity contribution >= 4 is 57.2 Å². The third-order valence-corrected chi connectivity index (χ3v) is 5.67. The van der Waals surface area contributed by atoms with Gasteiger partial charge in [0.05, 0.1) is 10.0 Å². The molecule has 1 aromatic rings. The molecule has 1 atom stereocenters. The van der Waals surface area contributed by atoms with E-state index in [0.717, 1.165) is 4.31 Å². The number of nitrogens with zero attached hydrogens (tertiary/aromatic N) is 1. The zero-order chi connectivity index (χ0) is 14.1. The van der Waals surface area contributed by atoms with Crippen molar-refractivity contribution < 1.29 is 8.42 Å². The Bertz CT molecular complexity index is 527. The second kappa shape index (κ2) is 7.31. The molecule has 0 aliphatic rings. The van der Waals surface area contributed by atoms with Gasteiger partial charge in [0.25, 0.3) is 0 Å². The summed E-state index contributed by atoms with van der Waals surface area (Å²) in [5, 5.41) is 0.255. The van der Waals surface area contributed by atoms with Crippen molar-refractivity contribution in [1.29, 1.82) is 0 Å². The molecule has 0 saturated carbocycles. The summed E-state index contributed by atoms with van der Waals surface area (Å²) in [4.78, 5) is -0.155. The third-order valence-electron chi connectivity index (χ3n) is 2.56. The summed E-state index contributed by atoms with van der Waals surface area (Å²) < 4.78 is 25.8. The minimum Gasteiger partial charge on any atom is -0.329 e. The van der Waals surface area contributed by atoms with Crippen LogP contribution in [-0.2, 0) is 10.0 Å². The standard InChI is InChI=1S/C10H13Cl3N2O2S.ClH/c1-6(5-14)15(2)18(16,17)10-8(12)3-7(11)4-9(10)13;/h3-4,6H,5,14H2,1-2H3;1H. The predicted molar refractivity (Wildman–Crippen MR) is 82.2 cm³/mol. The normalized spacial score (nSPS) is 13.2. The van der Waals surface area contributed by atoms with Crippen molar-refractivity contribution in [2.24, 2.45) is 5.73 Å². The SMILES string of the molecule is CC(CN)N(C)S(=O)(=O)c1c(Cl)cc(Cl)cc1Cl.Cl. The largest absolute Gasteiger partial charge is 0.329 e. The van der Waals surface area contributed by atoms with E-state index in [9.17, 15) is 8.42 Å². The van der Waals surface area contributed by atoms with Crippen LogP contribution in [0.2, 0.25) is 15.1 Å². The third kappa shape index (κ3) is 4.11. The smallest absolute Gasteiger partial charge is 0.246 e. The van der Waals surface area contributed by atoms with Gasteiger partial charge in [0.15, 0.2) is 0 Å². The molecule has 1 unspecified atom stereocenters. The lowest BCUT2D eigenvalue weighted by Crippen LogP contribution is -2.39. The average Bonchev–Trinajstić information content (AvgIpc) is 2.24. The maximum absolute atomic E-state index is 12.3. The first-order valence-corrected chi connectivity index (χ1v) is 7.61. The van der Waals surface area contributed by atoms with Crippen LogP contribution in [0.5, 0.6) is 0 Å². The first-order chi connectivity index (χ1) is 8.21. The van der Waals surface area contributed by atoms with Gasteiger partial charge in [-0.1, -0.05) is 34.8 Å². The molecule has 0 aromatic heterocycles. The Hall–Kier alpha value is 0.250. The molecule has 0 saturated heterocycles. The number of likely N-dealkylation sites (N-methyl/N-ethyl adjacent to an activating group) is 1. The fraction of sp³-hybridized carbons (Fsp3) is 0.400. The van der Waals surface area contributed by atoms with Crippen LogP contribution < -0.4 is 5.73 Å². The molecular formula is C10H14Cl4N2O2S. The van der Waals surface area contributed by atoms with Crippen LogP contribution in [0, 0.1) is 0 Å². The van der Waals surface area contributed by atoms with Gasteiger partial charge in [-0.25, -0.2) is 8.42 Å². The van der Waals surface area contributed by atoms with Crippen molar-refractivity contribution in [2.45, 2.75) is 17.9 Å². The first-order valence-electron chi connectivity index (χ1n) is 5.04. The van der Waals surface area contributed by atoms with E-state index in [0.29, 0.717) is 0 Å². The van der Waals surface area contributed by atoms with Gasteiger partial charge in [-0.05, 0) is 19.1 Å². The molecule has 0 amide bonds. The van der Waals surface area contributed by atoms with Gasteiger partial charge in [0.1, 0.15) is 4.90 Å². The number of rotatable bonds is 4. The number of halogens is 4. The molecule has 110 valence electrons. The van der Waals surface area contributed by atoms with Crippen LogP contribution in [0.1, 0.15) is 6.92 Å². The molecule has 0 heterocycles. The summed E-state index contributed by atoms with van der Waals surface area (Å²) in [6, 6.07) is 2.31. The lowest BCUT2D eigenvalue weighted by atomic mass is 10.3. The van der Waals surface area contributed by atoms with Crippen LogP contribution in [-0.4, -0.2) is 32.4 Å². The Morgan fingerprint density at radius 1 is 1.26 bits per heavy atom. The Kier molecular flexibility index (Phi) is 7.41. The fourth-order valence-electron chi connectivity index (χ4n) is 1.30. The molecule has 1 aromatic carbocycles. The Balaban J connectivity index is 0.00000324. The molecule has 0 aliphatic carbocycles. The molecule has 0 fully saturated rings. The molecule has 0 aliphatic heterocycles. The van der Waals surface area contributed by atoms with Gasteiger partial charge in [0.2, 0.25) is 10.0 Å². The summed E-state index contributed by atoms with van der Waals surface area (Å²) in [5.74, 6) is 0. The highest BCUT2D eigenvalue weighted by atomic mass is 35.5. The van der Waals surface area contributed by atoms with Gasteiger partial charge in [0, 0.05) is 24.7 Å². The predicted octanol–water partition coefficient (Wildman–Crippen LogP) is 3.04. The summed E-state index contributed by atoms with van der Waals surface area (Å²) in [7, 11) is -2.37. The van der Waals surface area contributed by atoms with E-state index in [1.54, 1.807) is 6.92 Å². The average molecular weight is 368 g/mol. The lowest BCUT2D eigenvalue weighted by molar-refractivity contribution is 0.394. The van der Waals surface area contributed by atoms with Crippen molar-refractivity contribution in [3.8, 4) is 0 Å². The zero-order valence-electron chi connectivity index (χ0n) is 10.2. The Morgan fingerprint density at radius 3 is 2.05 bits per heavy atom. The van der Waals surface area contributed by atoms with Crippen LogP contribution in [0.4, 0.5) is 0 Å². The molecule has 2 N–H and O–H groups in total. The van der Waals surface area contributed by atoms with E-state index in [2.05, 4.69) is 0 Å². The van der Waals surface area contributed by atoms with Crippen molar-refractivity contribution in [2.75, 3.05) is 13.6 Å². The molecule has 1 rings (SSSR count). The maximum atomic E-state index is 12.3. The lowest BCUT2D eigenvalue weighted by Gasteiger charge is -2.24. The topological polar surface area (TPSA) is 63.4 Å². The van der Waals surface area contributed by atoms with Crippen LogP contribution in [0.15, 0.2) is 17.0 Å². The summed E-state index contributed by atoms with van der Waals surface area (Å²) in [5.41, 5.74) is 5.45. The van der Waals surface area contributed by atoms with Gasteiger partial charge < -0.3 is 5.73 Å². The van der Waals surface area contributed by atoms with Gasteiger partial charge >= 0.3 is 0 Å². The van der Waals surface area contributed by atoms with E-state index in [1.165, 1.54) is 19.2 Å². The minimum atomic E-state index is -3.80. The number of hydrogen-bond donors (Lipinski definition) is 1. The molecule has 9 heteroatoms. The maximum Gasteiger partial charge on any atom is 0.246 e. The molecule has 19 heavy (non-hydrogen) atoms. The Morgan fingerprint density at radius 2 is 1.68 bits per heavy atom. The second-order valence-electron chi connectivity index (χ2n) is 3.80. The number of sulfonamides is 1. The summed E-state index contributed by atoms with van der Waals surface area (Å²) in [6.45, 7) is 1.88. The highest BCUT2D eigenvalue weighted by Gasteiger charge is 2.29. The van der Waals surface area contributed by atoms with Crippen molar-refractivity contribution in [1.82, 2.24) is 4.31 Å². The first kappa shape index (κ1) is 19.2. The van der Waals surface area contributed by atoms with Gasteiger partial charge in [-0.15, -0.1) is 12.4 Å². The monoisotopic (exact) mass is 366 g/mol. The number of nitrogens with two attached hydrogens (primary N) is 1. The van der Waals surface area contributed by atoms with E-state index in [-0.39, 0.29) is 45.0 Å². The highest BCUT2D eigenvalue weighted by Crippen LogP contribution is 2.34. The van der Waals surface area contributed by atoms with Crippen LogP contribution >= 0.6 is 47.2 Å². The quantitative estimate of drug-likeness (QED) is 0.889. The molecule has 0 spiro atoms. The zero-order valence-corrected chi connectivity index (χ0v) is 14.1.